The molecule has 9 nitrogen and oxygen atoms in total. The van der Waals surface area contributed by atoms with Crippen molar-refractivity contribution in [3.63, 3.8) is 0 Å². The van der Waals surface area contributed by atoms with Gasteiger partial charge in [-0.25, -0.2) is 8.42 Å². The first kappa shape index (κ1) is 29.1. The van der Waals surface area contributed by atoms with Crippen LogP contribution in [0.3, 0.4) is 0 Å². The van der Waals surface area contributed by atoms with Crippen LogP contribution in [-0.4, -0.2) is 51.6 Å². The summed E-state index contributed by atoms with van der Waals surface area (Å²) in [5.74, 6) is -1.08. The third-order valence-corrected chi connectivity index (χ3v) is 9.33. The molecule has 0 fully saturated rings. The van der Waals surface area contributed by atoms with E-state index in [0.29, 0.717) is 29.7 Å². The van der Waals surface area contributed by atoms with E-state index in [2.05, 4.69) is 17.6 Å². The number of aryl methyl sites for hydroxylation is 1. The molecule has 1 heterocycles. The molecule has 2 aromatic carbocycles. The Morgan fingerprint density at radius 3 is 2.51 bits per heavy atom. The number of fused-ring (bicyclic) bond motifs is 1. The summed E-state index contributed by atoms with van der Waals surface area (Å²) >= 11 is 0. The zero-order chi connectivity index (χ0) is 27.3. The van der Waals surface area contributed by atoms with Crippen LogP contribution in [0.4, 0.5) is 0 Å². The van der Waals surface area contributed by atoms with E-state index in [1.165, 1.54) is 7.11 Å². The Labute approximate surface area is 219 Å². The largest absolute Gasteiger partial charge is 0.496 e. The Kier molecular flexibility index (Phi) is 9.38. The molecule has 11 heteroatoms. The van der Waals surface area contributed by atoms with E-state index in [4.69, 9.17) is 9.29 Å². The molecule has 0 aliphatic carbocycles. The lowest BCUT2D eigenvalue weighted by molar-refractivity contribution is -0.120. The lowest BCUT2D eigenvalue weighted by Gasteiger charge is -2.36. The highest BCUT2D eigenvalue weighted by Gasteiger charge is 2.42. The topological polar surface area (TPSA) is 139 Å². The predicted molar refractivity (Wildman–Crippen MR) is 142 cm³/mol. The van der Waals surface area contributed by atoms with Crippen molar-refractivity contribution in [2.45, 2.75) is 68.8 Å². The highest BCUT2D eigenvalue weighted by Crippen LogP contribution is 2.41. The molecular formula is C26H36N2O7S2. The first-order valence-electron chi connectivity index (χ1n) is 12.4. The van der Waals surface area contributed by atoms with Crippen molar-refractivity contribution in [1.29, 1.82) is 0 Å². The first-order chi connectivity index (χ1) is 17.4. The molecule has 3 rings (SSSR count). The number of ether oxygens (including phenoxy) is 1. The van der Waals surface area contributed by atoms with Gasteiger partial charge in [0.25, 0.3) is 10.1 Å². The van der Waals surface area contributed by atoms with E-state index in [0.717, 1.165) is 18.4 Å². The number of sulfone groups is 1. The van der Waals surface area contributed by atoms with Crippen LogP contribution in [0.2, 0.25) is 0 Å². The van der Waals surface area contributed by atoms with Gasteiger partial charge in [-0.05, 0) is 48.1 Å². The molecule has 0 bridgehead atoms. The summed E-state index contributed by atoms with van der Waals surface area (Å²) in [4.78, 5) is 12.3. The second-order valence-corrected chi connectivity index (χ2v) is 12.9. The molecule has 0 aromatic heterocycles. The lowest BCUT2D eigenvalue weighted by Crippen LogP contribution is -2.50. The van der Waals surface area contributed by atoms with Gasteiger partial charge in [0.1, 0.15) is 11.6 Å². The third kappa shape index (κ3) is 7.31. The first-order valence-corrected chi connectivity index (χ1v) is 15.7. The van der Waals surface area contributed by atoms with Crippen molar-refractivity contribution in [3.05, 3.63) is 59.2 Å². The predicted octanol–water partition coefficient (Wildman–Crippen LogP) is 3.39. The van der Waals surface area contributed by atoms with Crippen LogP contribution < -0.4 is 15.4 Å². The Morgan fingerprint density at radius 2 is 1.92 bits per heavy atom. The lowest BCUT2D eigenvalue weighted by atomic mass is 9.87. The fraction of sp³-hybridized carbons (Fsp3) is 0.500. The van der Waals surface area contributed by atoms with E-state index >= 15 is 0 Å². The summed E-state index contributed by atoms with van der Waals surface area (Å²) in [6, 6.07) is 12.6. The Morgan fingerprint density at radius 1 is 1.22 bits per heavy atom. The smallest absolute Gasteiger partial charge is 0.283 e. The second kappa shape index (κ2) is 11.9. The fourth-order valence-electron chi connectivity index (χ4n) is 4.82. The highest BCUT2D eigenvalue weighted by molar-refractivity contribution is 7.91. The molecule has 2 atom stereocenters. The highest BCUT2D eigenvalue weighted by atomic mass is 32.2. The van der Waals surface area contributed by atoms with E-state index in [9.17, 15) is 21.6 Å². The Bertz CT molecular complexity index is 1310. The number of rotatable bonds is 11. The maximum atomic E-state index is 13.9. The van der Waals surface area contributed by atoms with E-state index < -0.39 is 37.3 Å². The summed E-state index contributed by atoms with van der Waals surface area (Å²) in [6.45, 7) is 4.09. The average molecular weight is 553 g/mol. The number of benzene rings is 2. The maximum absolute atomic E-state index is 13.9. The molecule has 0 saturated carbocycles. The minimum atomic E-state index is -4.34. The van der Waals surface area contributed by atoms with Crippen LogP contribution in [0.1, 0.15) is 68.7 Å². The summed E-state index contributed by atoms with van der Waals surface area (Å²) in [7, 11) is -6.58. The summed E-state index contributed by atoms with van der Waals surface area (Å²) in [5.41, 5.74) is 1.44. The second-order valence-electron chi connectivity index (χ2n) is 9.51. The van der Waals surface area contributed by atoms with Gasteiger partial charge in [0.15, 0.2) is 9.84 Å². The molecule has 0 spiro atoms. The SMILES string of the molecule is CCCCC1(CC)CS(=O)(=O)c2cc(CCC(=O)NCS(=O)(=O)O)c(OC)cc2C(c2ccccc2)N1. The summed E-state index contributed by atoms with van der Waals surface area (Å²) in [6.07, 6.45) is 3.21. The van der Waals surface area contributed by atoms with Crippen LogP contribution in [0.25, 0.3) is 0 Å². The van der Waals surface area contributed by atoms with Crippen molar-refractivity contribution < 1.29 is 30.9 Å². The van der Waals surface area contributed by atoms with Gasteiger partial charge >= 0.3 is 0 Å². The Hall–Kier alpha value is -2.47. The van der Waals surface area contributed by atoms with Crippen molar-refractivity contribution in [2.24, 2.45) is 0 Å². The zero-order valence-electron chi connectivity index (χ0n) is 21.5. The third-order valence-electron chi connectivity index (χ3n) is 6.87. The number of methoxy groups -OCH3 is 1. The summed E-state index contributed by atoms with van der Waals surface area (Å²) in [5, 5.41) is 5.85. The molecule has 0 saturated heterocycles. The van der Waals surface area contributed by atoms with Gasteiger partial charge in [0, 0.05) is 12.0 Å². The van der Waals surface area contributed by atoms with Gasteiger partial charge < -0.3 is 10.1 Å². The Balaban J connectivity index is 2.08. The van der Waals surface area contributed by atoms with E-state index in [1.807, 2.05) is 37.3 Å². The average Bonchev–Trinajstić information content (AvgIpc) is 2.96. The van der Waals surface area contributed by atoms with Gasteiger partial charge in [0.2, 0.25) is 5.91 Å². The van der Waals surface area contributed by atoms with Crippen LogP contribution >= 0.6 is 0 Å². The van der Waals surface area contributed by atoms with Gasteiger partial charge in [0.05, 0.1) is 23.8 Å². The fourth-order valence-corrected chi connectivity index (χ4v) is 7.34. The number of unbranched alkanes of at least 4 members (excludes halogenated alkanes) is 1. The van der Waals surface area contributed by atoms with Crippen LogP contribution in [0.5, 0.6) is 5.75 Å². The van der Waals surface area contributed by atoms with Crippen molar-refractivity contribution in [1.82, 2.24) is 10.6 Å². The molecule has 2 aromatic rings. The number of hydrogen-bond donors (Lipinski definition) is 3. The van der Waals surface area contributed by atoms with Crippen molar-refractivity contribution in [2.75, 3.05) is 18.7 Å². The van der Waals surface area contributed by atoms with Crippen LogP contribution in [0, 0.1) is 0 Å². The number of hydrogen-bond acceptors (Lipinski definition) is 7. The minimum Gasteiger partial charge on any atom is -0.496 e. The van der Waals surface area contributed by atoms with Crippen LogP contribution in [-0.2, 0) is 31.2 Å². The van der Waals surface area contributed by atoms with E-state index in [-0.39, 0.29) is 29.5 Å². The molecule has 1 aliphatic rings. The molecule has 3 N–H and O–H groups in total. The zero-order valence-corrected chi connectivity index (χ0v) is 23.1. The van der Waals surface area contributed by atoms with Crippen molar-refractivity contribution >= 4 is 25.9 Å². The molecule has 204 valence electrons. The number of carbonyl (C=O) groups is 1. The van der Waals surface area contributed by atoms with Gasteiger partial charge in [-0.3, -0.25) is 14.7 Å². The standard InChI is InChI=1S/C26H36N2O7S2/c1-4-6-14-26(5-2)17-36(30,31)23-15-20(12-13-24(29)27-18-37(32,33)34)22(35-3)16-21(23)25(28-26)19-10-8-7-9-11-19/h7-11,15-16,25,28H,4-6,12-14,17-18H2,1-3H3,(H,27,29)(H,32,33,34). The van der Waals surface area contributed by atoms with E-state index in [1.54, 1.807) is 12.1 Å². The van der Waals surface area contributed by atoms with Crippen molar-refractivity contribution in [3.8, 4) is 5.75 Å². The molecular weight excluding hydrogens is 516 g/mol. The molecule has 1 aliphatic heterocycles. The summed E-state index contributed by atoms with van der Waals surface area (Å²) < 4.78 is 64.0. The minimum absolute atomic E-state index is 0.0482. The molecule has 0 radical (unpaired) electrons. The number of amides is 1. The molecule has 37 heavy (non-hydrogen) atoms. The van der Waals surface area contributed by atoms with Gasteiger partial charge in [-0.2, -0.15) is 8.42 Å². The normalized spacial score (nSPS) is 21.0. The molecule has 1 amide bonds. The quantitative estimate of drug-likeness (QED) is 0.361. The monoisotopic (exact) mass is 552 g/mol. The van der Waals surface area contributed by atoms with Gasteiger partial charge in [-0.1, -0.05) is 57.0 Å². The maximum Gasteiger partial charge on any atom is 0.283 e. The number of nitrogens with one attached hydrogen (secondary N) is 2. The van der Waals surface area contributed by atoms with Crippen LogP contribution in [0.15, 0.2) is 47.4 Å². The number of carbonyl (C=O) groups excluding carboxylic acids is 1. The molecule has 2 unspecified atom stereocenters. The van der Waals surface area contributed by atoms with Gasteiger partial charge in [-0.15, -0.1) is 0 Å².